The Bertz CT molecular complexity index is 735. The number of Topliss-reactive ketones (excluding diaryl/α,β-unsaturated/α-hetero) is 1. The highest BCUT2D eigenvalue weighted by Gasteiger charge is 2.12. The minimum Gasteiger partial charge on any atom is -0.398 e. The van der Waals surface area contributed by atoms with E-state index in [-0.39, 0.29) is 5.78 Å². The van der Waals surface area contributed by atoms with Crippen molar-refractivity contribution in [1.82, 2.24) is 4.98 Å². The highest BCUT2D eigenvalue weighted by Crippen LogP contribution is 2.21. The van der Waals surface area contributed by atoms with E-state index in [1.54, 1.807) is 17.4 Å². The topological polar surface area (TPSA) is 56.0 Å². The molecule has 2 heterocycles. The lowest BCUT2D eigenvalue weighted by Gasteiger charge is -2.05. The maximum absolute atomic E-state index is 12.2. The van der Waals surface area contributed by atoms with Gasteiger partial charge in [0.2, 0.25) is 0 Å². The first kappa shape index (κ1) is 11.9. The zero-order valence-corrected chi connectivity index (χ0v) is 11.0. The minimum atomic E-state index is -0.0000898. The fraction of sp³-hybridized carbons (Fsp3) is 0.0667. The second-order valence-electron chi connectivity index (χ2n) is 4.29. The van der Waals surface area contributed by atoms with E-state index < -0.39 is 0 Å². The van der Waals surface area contributed by atoms with E-state index in [9.17, 15) is 4.79 Å². The molecule has 4 heteroatoms. The zero-order chi connectivity index (χ0) is 13.2. The molecule has 3 aromatic rings. The third-order valence-electron chi connectivity index (χ3n) is 2.95. The Labute approximate surface area is 114 Å². The molecule has 0 bridgehead atoms. The molecule has 0 atom stereocenters. The number of hydrogen-bond donors (Lipinski definition) is 1. The first-order valence-electron chi connectivity index (χ1n) is 5.95. The Morgan fingerprint density at radius 3 is 2.84 bits per heavy atom. The summed E-state index contributed by atoms with van der Waals surface area (Å²) in [5.41, 5.74) is 7.77. The number of hydrogen-bond acceptors (Lipinski definition) is 4. The van der Waals surface area contributed by atoms with Crippen LogP contribution in [0.3, 0.4) is 0 Å². The number of rotatable bonds is 3. The lowest BCUT2D eigenvalue weighted by molar-refractivity contribution is 0.0989. The molecule has 19 heavy (non-hydrogen) atoms. The Hall–Kier alpha value is -2.20. The van der Waals surface area contributed by atoms with E-state index in [4.69, 9.17) is 5.73 Å². The standard InChI is InChI=1S/C15H12N2OS/c16-12-9-14(15(18)8-10-4-3-7-19-10)17-13-6-2-1-5-11(12)13/h1-7,9H,8H2,(H2,16,17). The number of fused-ring (bicyclic) bond motifs is 1. The molecule has 0 saturated carbocycles. The predicted octanol–water partition coefficient (Wildman–Crippen LogP) is 3.30. The molecule has 0 unspecified atom stereocenters. The molecule has 2 N–H and O–H groups in total. The first-order chi connectivity index (χ1) is 9.24. The van der Waals surface area contributed by atoms with E-state index in [1.165, 1.54) is 0 Å². The molecule has 0 aliphatic heterocycles. The van der Waals surface area contributed by atoms with Crippen LogP contribution >= 0.6 is 11.3 Å². The van der Waals surface area contributed by atoms with Gasteiger partial charge < -0.3 is 5.73 Å². The van der Waals surface area contributed by atoms with Gasteiger partial charge in [0.1, 0.15) is 5.69 Å². The van der Waals surface area contributed by atoms with Crippen molar-refractivity contribution < 1.29 is 4.79 Å². The van der Waals surface area contributed by atoms with Crippen molar-refractivity contribution in [2.45, 2.75) is 6.42 Å². The molecule has 0 fully saturated rings. The largest absolute Gasteiger partial charge is 0.398 e. The van der Waals surface area contributed by atoms with Crippen LogP contribution in [-0.4, -0.2) is 10.8 Å². The van der Waals surface area contributed by atoms with Gasteiger partial charge in [-0.25, -0.2) is 4.98 Å². The molecule has 1 aromatic carbocycles. The Balaban J connectivity index is 1.98. The molecule has 3 rings (SSSR count). The Morgan fingerprint density at radius 2 is 2.05 bits per heavy atom. The smallest absolute Gasteiger partial charge is 0.186 e. The van der Waals surface area contributed by atoms with Crippen LogP contribution in [0.1, 0.15) is 15.4 Å². The maximum Gasteiger partial charge on any atom is 0.186 e. The average Bonchev–Trinajstić information content (AvgIpc) is 2.91. The summed E-state index contributed by atoms with van der Waals surface area (Å²) in [6.07, 6.45) is 0.377. The molecule has 0 spiro atoms. The van der Waals surface area contributed by atoms with Gasteiger partial charge in [-0.2, -0.15) is 0 Å². The van der Waals surface area contributed by atoms with Crippen LogP contribution < -0.4 is 5.73 Å². The molecule has 0 aliphatic carbocycles. The maximum atomic E-state index is 12.2. The number of pyridine rings is 1. The van der Waals surface area contributed by atoms with Gasteiger partial charge in [0.25, 0.3) is 0 Å². The fourth-order valence-corrected chi connectivity index (χ4v) is 2.71. The van der Waals surface area contributed by atoms with Crippen molar-refractivity contribution in [3.63, 3.8) is 0 Å². The summed E-state index contributed by atoms with van der Waals surface area (Å²) < 4.78 is 0. The highest BCUT2D eigenvalue weighted by molar-refractivity contribution is 7.10. The number of carbonyl (C=O) groups is 1. The Kier molecular flexibility index (Phi) is 3.01. The molecular formula is C15H12N2OS. The van der Waals surface area contributed by atoms with Crippen LogP contribution in [0.2, 0.25) is 0 Å². The van der Waals surface area contributed by atoms with Crippen molar-refractivity contribution >= 4 is 33.7 Å². The van der Waals surface area contributed by atoms with Crippen LogP contribution in [0, 0.1) is 0 Å². The number of aromatic nitrogens is 1. The summed E-state index contributed by atoms with van der Waals surface area (Å²) in [6, 6.07) is 13.1. The van der Waals surface area contributed by atoms with Crippen LogP contribution in [0.15, 0.2) is 47.8 Å². The number of nitrogens with zero attached hydrogens (tertiary/aromatic N) is 1. The highest BCUT2D eigenvalue weighted by atomic mass is 32.1. The van der Waals surface area contributed by atoms with Gasteiger partial charge in [-0.05, 0) is 23.6 Å². The fourth-order valence-electron chi connectivity index (χ4n) is 2.01. The number of para-hydroxylation sites is 1. The van der Waals surface area contributed by atoms with E-state index in [2.05, 4.69) is 4.98 Å². The van der Waals surface area contributed by atoms with Crippen LogP contribution in [0.4, 0.5) is 5.69 Å². The van der Waals surface area contributed by atoms with E-state index >= 15 is 0 Å². The lowest BCUT2D eigenvalue weighted by Crippen LogP contribution is -2.06. The van der Waals surface area contributed by atoms with Crippen LogP contribution in [0.5, 0.6) is 0 Å². The summed E-state index contributed by atoms with van der Waals surface area (Å²) in [4.78, 5) is 17.6. The molecule has 0 radical (unpaired) electrons. The molecular weight excluding hydrogens is 256 g/mol. The van der Waals surface area contributed by atoms with E-state index in [1.807, 2.05) is 41.8 Å². The van der Waals surface area contributed by atoms with Crippen molar-refractivity contribution in [1.29, 1.82) is 0 Å². The number of nitrogen functional groups attached to an aromatic ring is 1. The van der Waals surface area contributed by atoms with Gasteiger partial charge in [0.05, 0.1) is 5.52 Å². The minimum absolute atomic E-state index is 0.0000898. The van der Waals surface area contributed by atoms with Gasteiger partial charge >= 0.3 is 0 Å². The van der Waals surface area contributed by atoms with Gasteiger partial charge in [-0.3, -0.25) is 4.79 Å². The summed E-state index contributed by atoms with van der Waals surface area (Å²) in [5.74, 6) is -0.0000898. The first-order valence-corrected chi connectivity index (χ1v) is 6.83. The SMILES string of the molecule is Nc1cc(C(=O)Cc2cccs2)nc2ccccc12. The molecule has 0 amide bonds. The number of benzene rings is 1. The van der Waals surface area contributed by atoms with Gasteiger partial charge in [0.15, 0.2) is 5.78 Å². The van der Waals surface area contributed by atoms with Crippen LogP contribution in [0.25, 0.3) is 10.9 Å². The normalized spacial score (nSPS) is 10.7. The molecule has 94 valence electrons. The number of carbonyl (C=O) groups excluding carboxylic acids is 1. The van der Waals surface area contributed by atoms with Crippen LogP contribution in [-0.2, 0) is 6.42 Å². The van der Waals surface area contributed by atoms with Gasteiger partial charge in [-0.15, -0.1) is 11.3 Å². The number of anilines is 1. The lowest BCUT2D eigenvalue weighted by atomic mass is 10.1. The van der Waals surface area contributed by atoms with Crippen molar-refractivity contribution in [3.05, 3.63) is 58.4 Å². The average molecular weight is 268 g/mol. The second kappa shape index (κ2) is 4.82. The zero-order valence-electron chi connectivity index (χ0n) is 10.2. The number of thiophene rings is 1. The quantitative estimate of drug-likeness (QED) is 0.741. The number of nitrogens with two attached hydrogens (primary N) is 1. The van der Waals surface area contributed by atoms with E-state index in [0.717, 1.165) is 15.8 Å². The van der Waals surface area contributed by atoms with Gasteiger partial charge in [0, 0.05) is 22.4 Å². The van der Waals surface area contributed by atoms with Gasteiger partial charge in [-0.1, -0.05) is 24.3 Å². The van der Waals surface area contributed by atoms with Crippen molar-refractivity contribution in [3.8, 4) is 0 Å². The molecule has 3 nitrogen and oxygen atoms in total. The monoisotopic (exact) mass is 268 g/mol. The third kappa shape index (κ3) is 2.35. The van der Waals surface area contributed by atoms with E-state index in [0.29, 0.717) is 17.8 Å². The summed E-state index contributed by atoms with van der Waals surface area (Å²) in [7, 11) is 0. The summed E-state index contributed by atoms with van der Waals surface area (Å²) >= 11 is 1.57. The summed E-state index contributed by atoms with van der Waals surface area (Å²) in [5, 5.41) is 2.85. The van der Waals surface area contributed by atoms with Crippen molar-refractivity contribution in [2.75, 3.05) is 5.73 Å². The Morgan fingerprint density at radius 1 is 1.21 bits per heavy atom. The molecule has 2 aromatic heterocycles. The summed E-state index contributed by atoms with van der Waals surface area (Å²) in [6.45, 7) is 0. The molecule has 0 saturated heterocycles. The third-order valence-corrected chi connectivity index (χ3v) is 3.83. The van der Waals surface area contributed by atoms with Crippen molar-refractivity contribution in [2.24, 2.45) is 0 Å². The predicted molar refractivity (Wildman–Crippen MR) is 78.5 cm³/mol. The second-order valence-corrected chi connectivity index (χ2v) is 5.33. The number of ketones is 1. The molecule has 0 aliphatic rings.